The van der Waals surface area contributed by atoms with Gasteiger partial charge in [0.25, 0.3) is 15.7 Å². The second-order valence-corrected chi connectivity index (χ2v) is 10.4. The lowest BCUT2D eigenvalue weighted by atomic mass is 10.2. The molecule has 0 unspecified atom stereocenters. The number of aryl methyl sites for hydroxylation is 2. The number of nitrogens with zero attached hydrogens (tertiary/aromatic N) is 3. The minimum absolute atomic E-state index is 0.0375. The van der Waals surface area contributed by atoms with Crippen molar-refractivity contribution in [3.8, 4) is 5.69 Å². The molecule has 12 heteroatoms. The summed E-state index contributed by atoms with van der Waals surface area (Å²) in [4.78, 5) is 21.7. The number of nitro groups is 1. The van der Waals surface area contributed by atoms with Crippen LogP contribution in [0.1, 0.15) is 32.9 Å². The molecule has 0 aliphatic rings. The highest BCUT2D eigenvalue weighted by atomic mass is 32.2. The smallest absolute Gasteiger partial charge is 0.337 e. The van der Waals surface area contributed by atoms with Crippen molar-refractivity contribution in [3.63, 3.8) is 0 Å². The summed E-state index contributed by atoms with van der Waals surface area (Å²) < 4.78 is 30.8. The molecule has 3 aromatic carbocycles. The van der Waals surface area contributed by atoms with E-state index < -0.39 is 31.5 Å². The van der Waals surface area contributed by atoms with Crippen molar-refractivity contribution in [3.05, 3.63) is 111 Å². The van der Waals surface area contributed by atoms with Gasteiger partial charge in [-0.2, -0.15) is 5.10 Å². The molecule has 4 aromatic rings. The first-order valence-electron chi connectivity index (χ1n) is 11.7. The average molecular weight is 548 g/mol. The number of nitrogens with one attached hydrogen (secondary N) is 2. The summed E-state index contributed by atoms with van der Waals surface area (Å²) >= 11 is 0. The molecule has 0 spiro atoms. The van der Waals surface area contributed by atoms with Crippen molar-refractivity contribution in [1.82, 2.24) is 4.57 Å². The van der Waals surface area contributed by atoms with Crippen LogP contribution in [0.2, 0.25) is 0 Å². The lowest BCUT2D eigenvalue weighted by molar-refractivity contribution is -0.385. The fourth-order valence-electron chi connectivity index (χ4n) is 4.08. The number of hydrogen-bond donors (Lipinski definition) is 3. The molecule has 1 aromatic heterocycles. The standard InChI is InChI=1S/C27H25N5O6S/c1-17-8-10-21(11-9-17)31-18(2)14-20(19(31)3)16-28-29-25-13-12-22(32(35)36)15-26(25)39(37,38)30-24-7-5-4-6-23(24)27(33)34/h4-16,29-30H,1-3H3,(H,33,34). The number of carboxylic acids is 1. The first kappa shape index (κ1) is 27.1. The number of para-hydroxylation sites is 1. The van der Waals surface area contributed by atoms with Crippen LogP contribution in [0.4, 0.5) is 17.1 Å². The van der Waals surface area contributed by atoms with Crippen molar-refractivity contribution in [2.24, 2.45) is 5.10 Å². The van der Waals surface area contributed by atoms with Crippen molar-refractivity contribution >= 4 is 39.3 Å². The van der Waals surface area contributed by atoms with E-state index in [9.17, 15) is 28.4 Å². The van der Waals surface area contributed by atoms with Gasteiger partial charge in [0.1, 0.15) is 4.90 Å². The van der Waals surface area contributed by atoms with Crippen molar-refractivity contribution in [1.29, 1.82) is 0 Å². The van der Waals surface area contributed by atoms with Gasteiger partial charge in [-0.05, 0) is 57.2 Å². The Morgan fingerprint density at radius 3 is 2.36 bits per heavy atom. The number of non-ortho nitro benzene ring substituents is 1. The molecule has 0 saturated carbocycles. The minimum atomic E-state index is -4.46. The summed E-state index contributed by atoms with van der Waals surface area (Å²) in [5, 5.41) is 25.0. The van der Waals surface area contributed by atoms with Gasteiger partial charge < -0.3 is 9.67 Å². The van der Waals surface area contributed by atoms with Gasteiger partial charge in [0.05, 0.1) is 28.1 Å². The number of hydrogen-bond acceptors (Lipinski definition) is 7. The zero-order chi connectivity index (χ0) is 28.3. The van der Waals surface area contributed by atoms with E-state index in [1.54, 1.807) is 0 Å². The van der Waals surface area contributed by atoms with E-state index in [-0.39, 0.29) is 16.9 Å². The lowest BCUT2D eigenvalue weighted by Crippen LogP contribution is -2.17. The molecule has 0 bridgehead atoms. The van der Waals surface area contributed by atoms with Crippen LogP contribution in [-0.2, 0) is 10.0 Å². The molecule has 0 aliphatic carbocycles. The highest BCUT2D eigenvalue weighted by Crippen LogP contribution is 2.29. The quantitative estimate of drug-likeness (QED) is 0.147. The molecule has 4 rings (SSSR count). The number of anilines is 2. The van der Waals surface area contributed by atoms with Crippen LogP contribution in [0.15, 0.2) is 82.8 Å². The number of aromatic nitrogens is 1. The Bertz CT molecular complexity index is 1710. The third-order valence-electron chi connectivity index (χ3n) is 6.02. The van der Waals surface area contributed by atoms with Crippen LogP contribution < -0.4 is 10.1 Å². The normalized spacial score (nSPS) is 11.5. The van der Waals surface area contributed by atoms with E-state index in [1.165, 1.54) is 36.5 Å². The summed E-state index contributed by atoms with van der Waals surface area (Å²) in [5.74, 6) is -1.33. The topological polar surface area (TPSA) is 156 Å². The SMILES string of the molecule is Cc1ccc(-n2c(C)cc(C=NNc3ccc([N+](=O)[O-])cc3S(=O)(=O)Nc3ccccc3C(=O)O)c2C)cc1. The zero-order valence-electron chi connectivity index (χ0n) is 21.2. The number of hydrazone groups is 1. The summed E-state index contributed by atoms with van der Waals surface area (Å²) in [6, 6.07) is 18.7. The number of carboxylic acid groups (broad SMARTS) is 1. The number of rotatable bonds is 9. The Morgan fingerprint density at radius 1 is 1.00 bits per heavy atom. The fraction of sp³-hybridized carbons (Fsp3) is 0.111. The van der Waals surface area contributed by atoms with Gasteiger partial charge in [0.15, 0.2) is 0 Å². The molecule has 0 radical (unpaired) electrons. The van der Waals surface area contributed by atoms with Crippen molar-refractivity contribution in [2.75, 3.05) is 10.1 Å². The number of carbonyl (C=O) groups is 1. The Morgan fingerprint density at radius 2 is 1.69 bits per heavy atom. The maximum absolute atomic E-state index is 13.3. The van der Waals surface area contributed by atoms with Crippen molar-refractivity contribution in [2.45, 2.75) is 25.7 Å². The van der Waals surface area contributed by atoms with Gasteiger partial charge in [-0.3, -0.25) is 20.3 Å². The van der Waals surface area contributed by atoms with E-state index in [1.807, 2.05) is 51.1 Å². The van der Waals surface area contributed by atoms with Gasteiger partial charge in [-0.15, -0.1) is 0 Å². The molecule has 3 N–H and O–H groups in total. The Labute approximate surface area is 224 Å². The lowest BCUT2D eigenvalue weighted by Gasteiger charge is -2.13. The molecule has 0 amide bonds. The van der Waals surface area contributed by atoms with E-state index in [0.29, 0.717) is 0 Å². The molecular weight excluding hydrogens is 522 g/mol. The predicted molar refractivity (Wildman–Crippen MR) is 149 cm³/mol. The maximum Gasteiger partial charge on any atom is 0.337 e. The van der Waals surface area contributed by atoms with Gasteiger partial charge in [-0.25, -0.2) is 13.2 Å². The molecule has 0 atom stereocenters. The van der Waals surface area contributed by atoms with Crippen LogP contribution in [0.3, 0.4) is 0 Å². The summed E-state index contributed by atoms with van der Waals surface area (Å²) in [6.45, 7) is 5.90. The van der Waals surface area contributed by atoms with E-state index in [0.717, 1.165) is 40.3 Å². The maximum atomic E-state index is 13.3. The fourth-order valence-corrected chi connectivity index (χ4v) is 5.34. The third kappa shape index (κ3) is 5.80. The first-order valence-corrected chi connectivity index (χ1v) is 13.1. The second kappa shape index (κ2) is 10.8. The largest absolute Gasteiger partial charge is 0.478 e. The molecule has 0 saturated heterocycles. The molecule has 39 heavy (non-hydrogen) atoms. The minimum Gasteiger partial charge on any atom is -0.478 e. The first-order chi connectivity index (χ1) is 18.5. The number of nitro benzene ring substituents is 1. The Balaban J connectivity index is 1.67. The number of sulfonamides is 1. The Hall–Kier alpha value is -4.97. The Kier molecular flexibility index (Phi) is 7.49. The van der Waals surface area contributed by atoms with Crippen LogP contribution >= 0.6 is 0 Å². The summed E-state index contributed by atoms with van der Waals surface area (Å²) in [7, 11) is -4.46. The van der Waals surface area contributed by atoms with Gasteiger partial charge >= 0.3 is 5.97 Å². The monoisotopic (exact) mass is 547 g/mol. The molecule has 1 heterocycles. The molecule has 0 fully saturated rings. The van der Waals surface area contributed by atoms with Gasteiger partial charge in [0.2, 0.25) is 0 Å². The molecule has 0 aliphatic heterocycles. The molecular formula is C27H25N5O6S. The van der Waals surface area contributed by atoms with E-state index in [2.05, 4.69) is 19.8 Å². The van der Waals surface area contributed by atoms with Gasteiger partial charge in [-0.1, -0.05) is 29.8 Å². The predicted octanol–water partition coefficient (Wildman–Crippen LogP) is 5.26. The number of aromatic carboxylic acids is 1. The van der Waals surface area contributed by atoms with Crippen LogP contribution in [0.5, 0.6) is 0 Å². The highest BCUT2D eigenvalue weighted by Gasteiger charge is 2.24. The molecule has 200 valence electrons. The zero-order valence-corrected chi connectivity index (χ0v) is 22.1. The molecule has 11 nitrogen and oxygen atoms in total. The highest BCUT2D eigenvalue weighted by molar-refractivity contribution is 7.93. The van der Waals surface area contributed by atoms with E-state index >= 15 is 0 Å². The number of benzene rings is 3. The average Bonchev–Trinajstić information content (AvgIpc) is 3.17. The van der Waals surface area contributed by atoms with Crippen LogP contribution in [0, 0.1) is 30.9 Å². The van der Waals surface area contributed by atoms with Crippen LogP contribution in [-0.4, -0.2) is 35.2 Å². The van der Waals surface area contributed by atoms with Gasteiger partial charge in [0, 0.05) is 34.8 Å². The van der Waals surface area contributed by atoms with Crippen molar-refractivity contribution < 1.29 is 23.2 Å². The van der Waals surface area contributed by atoms with Crippen LogP contribution in [0.25, 0.3) is 5.69 Å². The third-order valence-corrected chi connectivity index (χ3v) is 7.42. The summed E-state index contributed by atoms with van der Waals surface area (Å²) in [5.41, 5.74) is 6.49. The summed E-state index contributed by atoms with van der Waals surface area (Å²) in [6.07, 6.45) is 1.53. The second-order valence-electron chi connectivity index (χ2n) is 8.76. The van der Waals surface area contributed by atoms with E-state index in [4.69, 9.17) is 0 Å².